The summed E-state index contributed by atoms with van der Waals surface area (Å²) >= 11 is 0. The molecular formula is C46H27N3O2. The second-order valence-corrected chi connectivity index (χ2v) is 13.1. The third-order valence-electron chi connectivity index (χ3n) is 10.4. The van der Waals surface area contributed by atoms with Crippen LogP contribution < -0.4 is 4.74 Å². The number of rotatable bonds is 3. The summed E-state index contributed by atoms with van der Waals surface area (Å²) in [6, 6.07) is 56.6. The van der Waals surface area contributed by atoms with Crippen LogP contribution >= 0.6 is 0 Å². The molecule has 2 aliphatic rings. The van der Waals surface area contributed by atoms with Gasteiger partial charge < -0.3 is 9.15 Å². The number of fused-ring (bicyclic) bond motifs is 12. The number of aromatic nitrogens is 3. The summed E-state index contributed by atoms with van der Waals surface area (Å²) in [4.78, 5) is 15.2. The molecule has 0 atom stereocenters. The van der Waals surface area contributed by atoms with Gasteiger partial charge in [0, 0.05) is 38.6 Å². The van der Waals surface area contributed by atoms with Crippen LogP contribution in [-0.2, 0) is 5.41 Å². The van der Waals surface area contributed by atoms with E-state index in [2.05, 4.69) is 97.1 Å². The summed E-state index contributed by atoms with van der Waals surface area (Å²) in [6.07, 6.45) is 0. The first-order valence-electron chi connectivity index (χ1n) is 17.1. The molecule has 9 aromatic rings. The SMILES string of the molecule is c1ccc(-c2nc(-c3ccc4c(c3)Oc3ccccc3C43c4ccccc4-c4ccccc43)nc(-c3ccc4oc5ccccc5c4c3)n2)cc1. The van der Waals surface area contributed by atoms with Gasteiger partial charge in [-0.25, -0.2) is 15.0 Å². The van der Waals surface area contributed by atoms with Gasteiger partial charge in [-0.1, -0.05) is 127 Å². The first-order valence-corrected chi connectivity index (χ1v) is 17.1. The molecule has 0 saturated heterocycles. The van der Waals surface area contributed by atoms with E-state index in [1.807, 2.05) is 66.7 Å². The van der Waals surface area contributed by atoms with Crippen LogP contribution in [-0.4, -0.2) is 15.0 Å². The molecule has 1 aliphatic heterocycles. The van der Waals surface area contributed by atoms with E-state index in [-0.39, 0.29) is 0 Å². The summed E-state index contributed by atoms with van der Waals surface area (Å²) in [5.74, 6) is 3.39. The largest absolute Gasteiger partial charge is 0.457 e. The molecule has 0 fully saturated rings. The van der Waals surface area contributed by atoms with Crippen molar-refractivity contribution in [3.63, 3.8) is 0 Å². The molecule has 2 aromatic heterocycles. The van der Waals surface area contributed by atoms with E-state index in [1.165, 1.54) is 22.3 Å². The van der Waals surface area contributed by atoms with Crippen molar-refractivity contribution in [3.05, 3.63) is 186 Å². The first-order chi connectivity index (χ1) is 25.3. The fraction of sp³-hybridized carbons (Fsp3) is 0.0217. The van der Waals surface area contributed by atoms with Crippen molar-refractivity contribution >= 4 is 21.9 Å². The Morgan fingerprint density at radius 3 is 1.69 bits per heavy atom. The molecule has 0 radical (unpaired) electrons. The molecule has 0 bridgehead atoms. The van der Waals surface area contributed by atoms with Gasteiger partial charge in [0.2, 0.25) is 0 Å². The van der Waals surface area contributed by atoms with Gasteiger partial charge in [0.1, 0.15) is 22.7 Å². The average Bonchev–Trinajstić information content (AvgIpc) is 3.72. The Hall–Kier alpha value is -6.85. The van der Waals surface area contributed by atoms with Crippen molar-refractivity contribution in [1.29, 1.82) is 0 Å². The third kappa shape index (κ3) is 4.00. The van der Waals surface area contributed by atoms with Crippen molar-refractivity contribution in [2.45, 2.75) is 5.41 Å². The number of ether oxygens (including phenoxy) is 1. The van der Waals surface area contributed by atoms with Crippen LogP contribution in [0.2, 0.25) is 0 Å². The molecular weight excluding hydrogens is 627 g/mol. The van der Waals surface area contributed by atoms with Gasteiger partial charge in [-0.05, 0) is 58.7 Å². The zero-order chi connectivity index (χ0) is 33.5. The summed E-state index contributed by atoms with van der Waals surface area (Å²) in [6.45, 7) is 0. The van der Waals surface area contributed by atoms with Crippen molar-refractivity contribution < 1.29 is 9.15 Å². The highest BCUT2D eigenvalue weighted by atomic mass is 16.5. The number of furan rings is 1. The Kier molecular flexibility index (Phi) is 5.81. The Labute approximate surface area is 293 Å². The molecule has 0 unspecified atom stereocenters. The highest BCUT2D eigenvalue weighted by Gasteiger charge is 2.50. The van der Waals surface area contributed by atoms with Crippen molar-refractivity contribution in [2.75, 3.05) is 0 Å². The molecule has 3 heterocycles. The number of nitrogens with zero attached hydrogens (tertiary/aromatic N) is 3. The van der Waals surface area contributed by atoms with Crippen LogP contribution in [0.5, 0.6) is 11.5 Å². The normalized spacial score (nSPS) is 13.4. The predicted molar refractivity (Wildman–Crippen MR) is 201 cm³/mol. The Morgan fingerprint density at radius 1 is 0.373 bits per heavy atom. The number of benzene rings is 7. The molecule has 1 aliphatic carbocycles. The minimum Gasteiger partial charge on any atom is -0.457 e. The number of hydrogen-bond acceptors (Lipinski definition) is 5. The quantitative estimate of drug-likeness (QED) is 0.190. The molecule has 5 nitrogen and oxygen atoms in total. The van der Waals surface area contributed by atoms with Crippen LogP contribution in [0.4, 0.5) is 0 Å². The van der Waals surface area contributed by atoms with E-state index in [1.54, 1.807) is 0 Å². The lowest BCUT2D eigenvalue weighted by molar-refractivity contribution is 0.436. The maximum absolute atomic E-state index is 6.78. The Morgan fingerprint density at radius 2 is 0.922 bits per heavy atom. The van der Waals surface area contributed by atoms with Gasteiger partial charge in [-0.2, -0.15) is 0 Å². The highest BCUT2D eigenvalue weighted by molar-refractivity contribution is 6.06. The molecule has 1 spiro atoms. The smallest absolute Gasteiger partial charge is 0.164 e. The fourth-order valence-corrected chi connectivity index (χ4v) is 8.22. The Bertz CT molecular complexity index is 2810. The summed E-state index contributed by atoms with van der Waals surface area (Å²) in [5, 5.41) is 2.08. The predicted octanol–water partition coefficient (Wildman–Crippen LogP) is 11.2. The summed E-state index contributed by atoms with van der Waals surface area (Å²) in [7, 11) is 0. The Balaban J connectivity index is 1.13. The average molecular weight is 654 g/mol. The van der Waals surface area contributed by atoms with Crippen molar-refractivity contribution in [3.8, 4) is 56.8 Å². The van der Waals surface area contributed by atoms with Gasteiger partial charge in [0.15, 0.2) is 17.5 Å². The van der Waals surface area contributed by atoms with Crippen LogP contribution in [0.15, 0.2) is 168 Å². The molecule has 238 valence electrons. The van der Waals surface area contributed by atoms with E-state index >= 15 is 0 Å². The topological polar surface area (TPSA) is 61.0 Å². The van der Waals surface area contributed by atoms with Gasteiger partial charge >= 0.3 is 0 Å². The molecule has 0 N–H and O–H groups in total. The second kappa shape index (κ2) is 10.6. The van der Waals surface area contributed by atoms with E-state index in [0.717, 1.165) is 61.3 Å². The van der Waals surface area contributed by atoms with E-state index < -0.39 is 5.41 Å². The second-order valence-electron chi connectivity index (χ2n) is 13.1. The van der Waals surface area contributed by atoms with E-state index in [4.69, 9.17) is 24.1 Å². The monoisotopic (exact) mass is 653 g/mol. The lowest BCUT2D eigenvalue weighted by Gasteiger charge is -2.39. The summed E-state index contributed by atoms with van der Waals surface area (Å²) < 4.78 is 12.9. The standard InChI is InChI=1S/C46H27N3O2/c1-2-12-28(13-3-1)43-47-44(29-23-25-40-34(26-29)33-16-6-10-20-39(33)50-40)49-45(48-43)30-22-24-38-42(27-30)51-41-21-11-9-19-37(41)46(38)35-17-7-4-14-31(35)32-15-5-8-18-36(32)46/h1-27H. The zero-order valence-corrected chi connectivity index (χ0v) is 27.2. The maximum atomic E-state index is 6.78. The molecule has 7 aromatic carbocycles. The van der Waals surface area contributed by atoms with Crippen molar-refractivity contribution in [1.82, 2.24) is 15.0 Å². The lowest BCUT2D eigenvalue weighted by Crippen LogP contribution is -2.32. The number of hydrogen-bond donors (Lipinski definition) is 0. The minimum absolute atomic E-state index is 0.530. The van der Waals surface area contributed by atoms with Gasteiger partial charge in [0.05, 0.1) is 5.41 Å². The third-order valence-corrected chi connectivity index (χ3v) is 10.4. The summed E-state index contributed by atoms with van der Waals surface area (Å²) in [5.41, 5.74) is 11.0. The maximum Gasteiger partial charge on any atom is 0.164 e. The van der Waals surface area contributed by atoms with Gasteiger partial charge in [0.25, 0.3) is 0 Å². The molecule has 0 amide bonds. The highest BCUT2D eigenvalue weighted by Crippen LogP contribution is 2.62. The lowest BCUT2D eigenvalue weighted by atomic mass is 9.66. The molecule has 51 heavy (non-hydrogen) atoms. The number of para-hydroxylation sites is 2. The van der Waals surface area contributed by atoms with Gasteiger partial charge in [-0.3, -0.25) is 0 Å². The molecule has 11 rings (SSSR count). The van der Waals surface area contributed by atoms with Gasteiger partial charge in [-0.15, -0.1) is 0 Å². The molecule has 5 heteroatoms. The van der Waals surface area contributed by atoms with E-state index in [9.17, 15) is 0 Å². The minimum atomic E-state index is -0.530. The molecule has 0 saturated carbocycles. The fourth-order valence-electron chi connectivity index (χ4n) is 8.22. The van der Waals surface area contributed by atoms with Crippen molar-refractivity contribution in [2.24, 2.45) is 0 Å². The van der Waals surface area contributed by atoms with E-state index in [0.29, 0.717) is 17.5 Å². The first kappa shape index (κ1) is 28.0. The van der Waals surface area contributed by atoms with Crippen LogP contribution in [0.1, 0.15) is 22.3 Å². The van der Waals surface area contributed by atoms with Crippen LogP contribution in [0, 0.1) is 0 Å². The zero-order valence-electron chi connectivity index (χ0n) is 27.2. The van der Waals surface area contributed by atoms with Crippen LogP contribution in [0.3, 0.4) is 0 Å². The van der Waals surface area contributed by atoms with Crippen LogP contribution in [0.25, 0.3) is 67.2 Å².